The first-order valence-electron chi connectivity index (χ1n) is 5.14. The molecule has 13 heavy (non-hydrogen) atoms. The van der Waals surface area contributed by atoms with Gasteiger partial charge < -0.3 is 9.74 Å². The third-order valence-electron chi connectivity index (χ3n) is 2.03. The molecule has 3 nitrogen and oxygen atoms in total. The van der Waals surface area contributed by atoms with Crippen molar-refractivity contribution in [3.63, 3.8) is 0 Å². The summed E-state index contributed by atoms with van der Waals surface area (Å²) in [6.07, 6.45) is 3.62. The van der Waals surface area contributed by atoms with E-state index in [4.69, 9.17) is 4.84 Å². The monoisotopic (exact) mass is 188 g/mol. The Morgan fingerprint density at radius 3 is 2.08 bits per heavy atom. The van der Waals surface area contributed by atoms with Gasteiger partial charge in [-0.05, 0) is 33.5 Å². The molecule has 0 aliphatic rings. The second-order valence-electron chi connectivity index (χ2n) is 3.62. The van der Waals surface area contributed by atoms with Gasteiger partial charge in [-0.25, -0.2) is 0 Å². The van der Waals surface area contributed by atoms with Crippen LogP contribution in [0.1, 0.15) is 26.2 Å². The molecule has 0 aromatic heterocycles. The van der Waals surface area contributed by atoms with Crippen molar-refractivity contribution in [3.05, 3.63) is 0 Å². The topological polar surface area (TPSA) is 15.7 Å². The van der Waals surface area contributed by atoms with E-state index in [0.29, 0.717) is 0 Å². The fourth-order valence-electron chi connectivity index (χ4n) is 1.19. The molecular formula is C10H24N2O. The van der Waals surface area contributed by atoms with Crippen molar-refractivity contribution in [2.75, 3.05) is 40.8 Å². The maximum absolute atomic E-state index is 5.25. The number of rotatable bonds is 8. The Balaban J connectivity index is 3.36. The van der Waals surface area contributed by atoms with Gasteiger partial charge in [0.15, 0.2) is 0 Å². The van der Waals surface area contributed by atoms with Crippen LogP contribution in [0.2, 0.25) is 0 Å². The van der Waals surface area contributed by atoms with Crippen molar-refractivity contribution < 1.29 is 4.84 Å². The summed E-state index contributed by atoms with van der Waals surface area (Å²) in [4.78, 5) is 7.45. The van der Waals surface area contributed by atoms with Crippen molar-refractivity contribution in [1.29, 1.82) is 0 Å². The summed E-state index contributed by atoms with van der Waals surface area (Å²) < 4.78 is 0. The summed E-state index contributed by atoms with van der Waals surface area (Å²) in [6, 6.07) is 0. The molecular weight excluding hydrogens is 164 g/mol. The highest BCUT2D eigenvalue weighted by Crippen LogP contribution is 1.97. The zero-order chi connectivity index (χ0) is 10.1. The maximum Gasteiger partial charge on any atom is 0.0575 e. The number of hydroxylamine groups is 2. The van der Waals surface area contributed by atoms with Gasteiger partial charge in [-0.15, -0.1) is 0 Å². The van der Waals surface area contributed by atoms with Crippen molar-refractivity contribution in [3.8, 4) is 0 Å². The smallest absolute Gasteiger partial charge is 0.0575 e. The Labute approximate surface area is 82.6 Å². The van der Waals surface area contributed by atoms with Crippen LogP contribution in [0.25, 0.3) is 0 Å². The lowest BCUT2D eigenvalue weighted by molar-refractivity contribution is -0.132. The third kappa shape index (κ3) is 8.22. The van der Waals surface area contributed by atoms with E-state index in [1.807, 2.05) is 5.06 Å². The van der Waals surface area contributed by atoms with Crippen molar-refractivity contribution in [2.45, 2.75) is 26.2 Å². The van der Waals surface area contributed by atoms with Gasteiger partial charge >= 0.3 is 0 Å². The van der Waals surface area contributed by atoms with Crippen LogP contribution in [0.5, 0.6) is 0 Å². The molecule has 0 unspecified atom stereocenters. The summed E-state index contributed by atoms with van der Waals surface area (Å²) in [7, 11) is 5.96. The summed E-state index contributed by atoms with van der Waals surface area (Å²) >= 11 is 0. The first kappa shape index (κ1) is 12.9. The van der Waals surface area contributed by atoms with Crippen LogP contribution in [0.15, 0.2) is 0 Å². The van der Waals surface area contributed by atoms with Crippen LogP contribution in [0, 0.1) is 0 Å². The molecule has 80 valence electrons. The Morgan fingerprint density at radius 1 is 1.00 bits per heavy atom. The molecule has 0 aromatic carbocycles. The van der Waals surface area contributed by atoms with Gasteiger partial charge in [0.05, 0.1) is 7.11 Å². The average molecular weight is 188 g/mol. The molecule has 0 saturated heterocycles. The van der Waals surface area contributed by atoms with Gasteiger partial charge in [0.2, 0.25) is 0 Å². The van der Waals surface area contributed by atoms with Crippen LogP contribution in [-0.2, 0) is 4.84 Å². The lowest BCUT2D eigenvalue weighted by atomic mass is 10.3. The zero-order valence-electron chi connectivity index (χ0n) is 9.55. The molecule has 0 aromatic rings. The van der Waals surface area contributed by atoms with Crippen LogP contribution < -0.4 is 0 Å². The molecule has 0 rings (SSSR count). The lowest BCUT2D eigenvalue weighted by Gasteiger charge is -2.20. The number of hydrogen-bond acceptors (Lipinski definition) is 3. The molecule has 0 saturated carbocycles. The Bertz CT molecular complexity index is 107. The van der Waals surface area contributed by atoms with Crippen LogP contribution in [-0.4, -0.2) is 50.8 Å². The van der Waals surface area contributed by atoms with E-state index >= 15 is 0 Å². The van der Waals surface area contributed by atoms with E-state index in [2.05, 4.69) is 25.9 Å². The molecule has 0 heterocycles. The molecule has 0 amide bonds. The van der Waals surface area contributed by atoms with E-state index < -0.39 is 0 Å². The molecule has 0 aliphatic heterocycles. The highest BCUT2D eigenvalue weighted by Gasteiger charge is 2.01. The Kier molecular flexibility index (Phi) is 8.40. The maximum atomic E-state index is 5.25. The van der Waals surface area contributed by atoms with Gasteiger partial charge in [0.1, 0.15) is 0 Å². The van der Waals surface area contributed by atoms with E-state index in [9.17, 15) is 0 Å². The van der Waals surface area contributed by atoms with Gasteiger partial charge in [-0.3, -0.25) is 0 Å². The molecule has 0 spiro atoms. The van der Waals surface area contributed by atoms with Gasteiger partial charge in [0, 0.05) is 13.1 Å². The fraction of sp³-hybridized carbons (Fsp3) is 1.00. The quantitative estimate of drug-likeness (QED) is 0.538. The highest BCUT2D eigenvalue weighted by molar-refractivity contribution is 4.50. The third-order valence-corrected chi connectivity index (χ3v) is 2.03. The molecule has 0 radical (unpaired) electrons. The van der Waals surface area contributed by atoms with Crippen molar-refractivity contribution in [1.82, 2.24) is 9.96 Å². The largest absolute Gasteiger partial charge is 0.309 e. The standard InChI is InChI=1S/C10H24N2O/c1-5-6-9-12(13-4)10-7-8-11(2)3/h5-10H2,1-4H3. The molecule has 0 N–H and O–H groups in total. The first-order chi connectivity index (χ1) is 6.20. The highest BCUT2D eigenvalue weighted by atomic mass is 16.7. The minimum Gasteiger partial charge on any atom is -0.309 e. The molecule has 0 fully saturated rings. The predicted molar refractivity (Wildman–Crippen MR) is 56.7 cm³/mol. The van der Waals surface area contributed by atoms with E-state index in [1.54, 1.807) is 7.11 Å². The minimum atomic E-state index is 1.04. The lowest BCUT2D eigenvalue weighted by Crippen LogP contribution is -2.27. The Hall–Kier alpha value is -0.120. The van der Waals surface area contributed by atoms with Crippen molar-refractivity contribution in [2.24, 2.45) is 0 Å². The van der Waals surface area contributed by atoms with Crippen LogP contribution >= 0.6 is 0 Å². The number of nitrogens with zero attached hydrogens (tertiary/aromatic N) is 2. The number of unbranched alkanes of at least 4 members (excludes halogenated alkanes) is 1. The van der Waals surface area contributed by atoms with E-state index in [1.165, 1.54) is 19.3 Å². The minimum absolute atomic E-state index is 1.04. The fourth-order valence-corrected chi connectivity index (χ4v) is 1.19. The van der Waals surface area contributed by atoms with Gasteiger partial charge in [-0.2, -0.15) is 5.06 Å². The van der Waals surface area contributed by atoms with Crippen molar-refractivity contribution >= 4 is 0 Å². The SMILES string of the molecule is CCCCN(CCCN(C)C)OC. The normalized spacial score (nSPS) is 11.5. The molecule has 0 aliphatic carbocycles. The summed E-state index contributed by atoms with van der Waals surface area (Å²) in [5.41, 5.74) is 0. The van der Waals surface area contributed by atoms with Crippen LogP contribution in [0.4, 0.5) is 0 Å². The van der Waals surface area contributed by atoms with Crippen LogP contribution in [0.3, 0.4) is 0 Å². The Morgan fingerprint density at radius 2 is 1.62 bits per heavy atom. The second kappa shape index (κ2) is 8.48. The summed E-state index contributed by atoms with van der Waals surface area (Å²) in [5, 5.41) is 2.05. The predicted octanol–water partition coefficient (Wildman–Crippen LogP) is 1.60. The average Bonchev–Trinajstić information content (AvgIpc) is 2.10. The summed E-state index contributed by atoms with van der Waals surface area (Å²) in [5.74, 6) is 0. The molecule has 0 atom stereocenters. The van der Waals surface area contributed by atoms with Gasteiger partial charge in [-0.1, -0.05) is 13.3 Å². The van der Waals surface area contributed by atoms with E-state index in [-0.39, 0.29) is 0 Å². The molecule has 3 heteroatoms. The van der Waals surface area contributed by atoms with Gasteiger partial charge in [0.25, 0.3) is 0 Å². The van der Waals surface area contributed by atoms with E-state index in [0.717, 1.165) is 19.6 Å². The second-order valence-corrected chi connectivity index (χ2v) is 3.62. The zero-order valence-corrected chi connectivity index (χ0v) is 9.55. The summed E-state index contributed by atoms with van der Waals surface area (Å²) in [6.45, 7) is 5.43. The molecule has 0 bridgehead atoms. The number of hydrogen-bond donors (Lipinski definition) is 0. The first-order valence-corrected chi connectivity index (χ1v) is 5.14.